The van der Waals surface area contributed by atoms with Gasteiger partial charge in [-0.05, 0) is 26.0 Å². The van der Waals surface area contributed by atoms with Crippen LogP contribution in [0.2, 0.25) is 0 Å². The maximum Gasteiger partial charge on any atom is 0.0446 e. The van der Waals surface area contributed by atoms with Crippen LogP contribution in [0.15, 0.2) is 30.3 Å². The Hall–Kier alpha value is -0.900. The summed E-state index contributed by atoms with van der Waals surface area (Å²) in [5, 5.41) is 9.13. The lowest BCUT2D eigenvalue weighted by atomic mass is 10.0. The Balaban J connectivity index is 1.99. The molecule has 1 fully saturated rings. The van der Waals surface area contributed by atoms with Crippen molar-refractivity contribution in [3.05, 3.63) is 35.9 Å². The normalized spacial score (nSPS) is 26.4. The summed E-state index contributed by atoms with van der Waals surface area (Å²) in [5.74, 6) is 0. The van der Waals surface area contributed by atoms with Crippen LogP contribution >= 0.6 is 0 Å². The molecule has 1 aromatic carbocycles. The van der Waals surface area contributed by atoms with Crippen molar-refractivity contribution in [2.75, 3.05) is 26.7 Å². The molecule has 0 unspecified atom stereocenters. The number of piperazine rings is 1. The summed E-state index contributed by atoms with van der Waals surface area (Å²) in [6, 6.07) is 11.7. The summed E-state index contributed by atoms with van der Waals surface area (Å²) in [5.41, 5.74) is 1.37. The Labute approximate surface area is 110 Å². The van der Waals surface area contributed by atoms with Gasteiger partial charge in [-0.25, -0.2) is 0 Å². The van der Waals surface area contributed by atoms with Crippen LogP contribution < -0.4 is 0 Å². The van der Waals surface area contributed by atoms with Crippen LogP contribution in [0.1, 0.15) is 18.9 Å². The lowest BCUT2D eigenvalue weighted by Crippen LogP contribution is -2.55. The zero-order valence-electron chi connectivity index (χ0n) is 11.4. The Morgan fingerprint density at radius 1 is 1.22 bits per heavy atom. The van der Waals surface area contributed by atoms with Gasteiger partial charge in [0.15, 0.2) is 0 Å². The molecule has 1 heterocycles. The molecule has 3 heteroatoms. The molecule has 1 N–H and O–H groups in total. The summed E-state index contributed by atoms with van der Waals surface area (Å²) in [7, 11) is 2.16. The SMILES string of the molecule is C[C@H]1CN(C)[C@H](CCO)CN1Cc1ccccc1. The Bertz CT molecular complexity index is 355. The predicted molar refractivity (Wildman–Crippen MR) is 74.4 cm³/mol. The summed E-state index contributed by atoms with van der Waals surface area (Å²) in [4.78, 5) is 4.90. The van der Waals surface area contributed by atoms with Gasteiger partial charge < -0.3 is 10.0 Å². The second kappa shape index (κ2) is 6.32. The van der Waals surface area contributed by atoms with E-state index < -0.39 is 0 Å². The predicted octanol–water partition coefficient (Wildman–Crippen LogP) is 1.57. The van der Waals surface area contributed by atoms with Crippen molar-refractivity contribution < 1.29 is 5.11 Å². The van der Waals surface area contributed by atoms with Crippen LogP contribution in [-0.4, -0.2) is 53.7 Å². The molecule has 0 radical (unpaired) electrons. The molecule has 0 bridgehead atoms. The van der Waals surface area contributed by atoms with Crippen LogP contribution in [-0.2, 0) is 6.54 Å². The van der Waals surface area contributed by atoms with Gasteiger partial charge in [0, 0.05) is 38.3 Å². The molecule has 100 valence electrons. The number of rotatable bonds is 4. The van der Waals surface area contributed by atoms with E-state index in [1.165, 1.54) is 5.56 Å². The number of aliphatic hydroxyl groups is 1. The van der Waals surface area contributed by atoms with Crippen molar-refractivity contribution in [1.29, 1.82) is 0 Å². The van der Waals surface area contributed by atoms with E-state index in [0.29, 0.717) is 12.1 Å². The van der Waals surface area contributed by atoms with Gasteiger partial charge in [-0.3, -0.25) is 4.90 Å². The van der Waals surface area contributed by atoms with E-state index >= 15 is 0 Å². The van der Waals surface area contributed by atoms with Crippen LogP contribution in [0.25, 0.3) is 0 Å². The molecule has 1 aliphatic heterocycles. The highest BCUT2D eigenvalue weighted by molar-refractivity contribution is 5.14. The molecular weight excluding hydrogens is 224 g/mol. The number of benzene rings is 1. The largest absolute Gasteiger partial charge is 0.396 e. The van der Waals surface area contributed by atoms with Crippen molar-refractivity contribution in [2.24, 2.45) is 0 Å². The zero-order chi connectivity index (χ0) is 13.0. The van der Waals surface area contributed by atoms with E-state index in [4.69, 9.17) is 5.11 Å². The van der Waals surface area contributed by atoms with Gasteiger partial charge in [0.25, 0.3) is 0 Å². The highest BCUT2D eigenvalue weighted by atomic mass is 16.3. The fourth-order valence-electron chi connectivity index (χ4n) is 2.77. The van der Waals surface area contributed by atoms with E-state index in [9.17, 15) is 0 Å². The van der Waals surface area contributed by atoms with Crippen molar-refractivity contribution in [1.82, 2.24) is 9.80 Å². The minimum Gasteiger partial charge on any atom is -0.396 e. The fourth-order valence-corrected chi connectivity index (χ4v) is 2.77. The standard InChI is InChI=1S/C15H24N2O/c1-13-10-16(2)15(8-9-18)12-17(13)11-14-6-4-3-5-7-14/h3-7,13,15,18H,8-12H2,1-2H3/t13-,15+/m0/s1. The van der Waals surface area contributed by atoms with E-state index in [0.717, 1.165) is 26.1 Å². The maximum atomic E-state index is 9.13. The van der Waals surface area contributed by atoms with Crippen molar-refractivity contribution in [2.45, 2.75) is 32.0 Å². The van der Waals surface area contributed by atoms with Gasteiger partial charge in [0.05, 0.1) is 0 Å². The molecule has 0 spiro atoms. The average Bonchev–Trinajstić information content (AvgIpc) is 2.37. The minimum absolute atomic E-state index is 0.280. The summed E-state index contributed by atoms with van der Waals surface area (Å²) in [6.45, 7) is 5.71. The first kappa shape index (κ1) is 13.5. The molecule has 1 saturated heterocycles. The Morgan fingerprint density at radius 3 is 2.61 bits per heavy atom. The third-order valence-electron chi connectivity index (χ3n) is 3.93. The van der Waals surface area contributed by atoms with Gasteiger partial charge in [0.1, 0.15) is 0 Å². The highest BCUT2D eigenvalue weighted by Crippen LogP contribution is 2.18. The molecule has 0 saturated carbocycles. The van der Waals surface area contributed by atoms with E-state index in [1.54, 1.807) is 0 Å². The molecule has 0 amide bonds. The van der Waals surface area contributed by atoms with Crippen LogP contribution in [0, 0.1) is 0 Å². The van der Waals surface area contributed by atoms with Crippen molar-refractivity contribution in [3.8, 4) is 0 Å². The van der Waals surface area contributed by atoms with Crippen LogP contribution in [0.5, 0.6) is 0 Å². The van der Waals surface area contributed by atoms with E-state index in [1.807, 2.05) is 0 Å². The Kier molecular flexibility index (Phi) is 4.75. The molecule has 18 heavy (non-hydrogen) atoms. The van der Waals surface area contributed by atoms with Crippen molar-refractivity contribution in [3.63, 3.8) is 0 Å². The first-order chi connectivity index (χ1) is 8.70. The molecule has 0 aliphatic carbocycles. The summed E-state index contributed by atoms with van der Waals surface area (Å²) >= 11 is 0. The summed E-state index contributed by atoms with van der Waals surface area (Å²) in [6.07, 6.45) is 0.870. The fraction of sp³-hybridized carbons (Fsp3) is 0.600. The molecule has 3 nitrogen and oxygen atoms in total. The molecular formula is C15H24N2O. The number of hydrogen-bond acceptors (Lipinski definition) is 3. The average molecular weight is 248 g/mol. The molecule has 0 aromatic heterocycles. The van der Waals surface area contributed by atoms with Gasteiger partial charge >= 0.3 is 0 Å². The molecule has 2 atom stereocenters. The maximum absolute atomic E-state index is 9.13. The molecule has 1 aliphatic rings. The lowest BCUT2D eigenvalue weighted by Gasteiger charge is -2.43. The zero-order valence-corrected chi connectivity index (χ0v) is 11.4. The quantitative estimate of drug-likeness (QED) is 0.876. The van der Waals surface area contributed by atoms with Gasteiger partial charge in [0.2, 0.25) is 0 Å². The third kappa shape index (κ3) is 3.31. The first-order valence-corrected chi connectivity index (χ1v) is 6.79. The van der Waals surface area contributed by atoms with Crippen LogP contribution in [0.3, 0.4) is 0 Å². The van der Waals surface area contributed by atoms with Gasteiger partial charge in [-0.2, -0.15) is 0 Å². The van der Waals surface area contributed by atoms with Crippen LogP contribution in [0.4, 0.5) is 0 Å². The number of aliphatic hydroxyl groups excluding tert-OH is 1. The second-order valence-electron chi connectivity index (χ2n) is 5.37. The molecule has 2 rings (SSSR count). The van der Waals surface area contributed by atoms with Gasteiger partial charge in [-0.1, -0.05) is 30.3 Å². The smallest absolute Gasteiger partial charge is 0.0446 e. The Morgan fingerprint density at radius 2 is 1.94 bits per heavy atom. The highest BCUT2D eigenvalue weighted by Gasteiger charge is 2.28. The number of hydrogen-bond donors (Lipinski definition) is 1. The topological polar surface area (TPSA) is 26.7 Å². The second-order valence-corrected chi connectivity index (χ2v) is 5.37. The third-order valence-corrected chi connectivity index (χ3v) is 3.93. The first-order valence-electron chi connectivity index (χ1n) is 6.79. The van der Waals surface area contributed by atoms with Crippen molar-refractivity contribution >= 4 is 0 Å². The van der Waals surface area contributed by atoms with E-state index in [2.05, 4.69) is 54.1 Å². The molecule has 1 aromatic rings. The lowest BCUT2D eigenvalue weighted by molar-refractivity contribution is 0.0359. The number of nitrogens with zero attached hydrogens (tertiary/aromatic N) is 2. The summed E-state index contributed by atoms with van der Waals surface area (Å²) < 4.78 is 0. The minimum atomic E-state index is 0.280. The number of likely N-dealkylation sites (N-methyl/N-ethyl adjacent to an activating group) is 1. The van der Waals surface area contributed by atoms with Gasteiger partial charge in [-0.15, -0.1) is 0 Å². The van der Waals surface area contributed by atoms with E-state index in [-0.39, 0.29) is 6.61 Å². The monoisotopic (exact) mass is 248 g/mol.